The highest BCUT2D eigenvalue weighted by Crippen LogP contribution is 2.28. The van der Waals surface area contributed by atoms with Crippen molar-refractivity contribution in [1.29, 1.82) is 0 Å². The number of rotatable bonds is 6. The van der Waals surface area contributed by atoms with Gasteiger partial charge in [-0.2, -0.15) is 0 Å². The lowest BCUT2D eigenvalue weighted by Gasteiger charge is -2.11. The van der Waals surface area contributed by atoms with E-state index < -0.39 is 4.92 Å². The molecule has 0 aliphatic carbocycles. The van der Waals surface area contributed by atoms with Gasteiger partial charge >= 0.3 is 0 Å². The number of nitro groups is 1. The molecule has 7 nitrogen and oxygen atoms in total. The van der Waals surface area contributed by atoms with Gasteiger partial charge in [0.25, 0.3) is 5.69 Å². The van der Waals surface area contributed by atoms with Crippen LogP contribution in [0.2, 0.25) is 5.02 Å². The maximum absolute atomic E-state index is 12.3. The fourth-order valence-corrected chi connectivity index (χ4v) is 3.58. The third kappa shape index (κ3) is 4.52. The monoisotopic (exact) mass is 416 g/mol. The number of benzene rings is 2. The van der Waals surface area contributed by atoms with Gasteiger partial charge in [0.2, 0.25) is 5.91 Å². The fraction of sp³-hybridized carbons (Fsp3) is 0.158. The van der Waals surface area contributed by atoms with Crippen LogP contribution in [-0.4, -0.2) is 26.1 Å². The van der Waals surface area contributed by atoms with Crippen LogP contribution >= 0.6 is 23.4 Å². The Bertz CT molecular complexity index is 1050. The second-order valence-corrected chi connectivity index (χ2v) is 7.48. The molecule has 28 heavy (non-hydrogen) atoms. The first kappa shape index (κ1) is 19.9. The summed E-state index contributed by atoms with van der Waals surface area (Å²) in [5.41, 5.74) is 3.45. The van der Waals surface area contributed by atoms with Crippen LogP contribution in [0, 0.1) is 24.0 Å². The Kier molecular flexibility index (Phi) is 6.01. The molecule has 0 radical (unpaired) electrons. The zero-order chi connectivity index (χ0) is 20.3. The maximum Gasteiger partial charge on any atom is 0.271 e. The highest BCUT2D eigenvalue weighted by Gasteiger charge is 2.14. The molecule has 0 aliphatic rings. The van der Waals surface area contributed by atoms with Gasteiger partial charge in [0.1, 0.15) is 0 Å². The number of non-ortho nitro benzene ring substituents is 1. The Morgan fingerprint density at radius 2 is 2.07 bits per heavy atom. The van der Waals surface area contributed by atoms with Crippen LogP contribution in [-0.2, 0) is 4.79 Å². The molecular formula is C19H17ClN4O3S. The highest BCUT2D eigenvalue weighted by molar-refractivity contribution is 7.99. The summed E-state index contributed by atoms with van der Waals surface area (Å²) in [6, 6.07) is 10.1. The summed E-state index contributed by atoms with van der Waals surface area (Å²) in [6.45, 7) is 4.04. The van der Waals surface area contributed by atoms with Crippen LogP contribution in [0.25, 0.3) is 5.69 Å². The molecule has 0 saturated heterocycles. The zero-order valence-electron chi connectivity index (χ0n) is 15.2. The smallest absolute Gasteiger partial charge is 0.271 e. The highest BCUT2D eigenvalue weighted by atomic mass is 35.5. The Hall–Kier alpha value is -2.84. The minimum absolute atomic E-state index is 0.115. The standard InChI is InChI=1S/C19H17ClN4O3S/c1-12-3-4-13(2)17(9-12)23-8-7-21-19(23)28-11-18(25)22-16-6-5-14(24(26)27)10-15(16)20/h3-10H,11H2,1-2H3,(H,22,25). The van der Waals surface area contributed by atoms with E-state index in [0.29, 0.717) is 10.8 Å². The predicted octanol–water partition coefficient (Wildman–Crippen LogP) is 4.78. The molecule has 0 atom stereocenters. The number of imidazole rings is 1. The average Bonchev–Trinajstić information content (AvgIpc) is 3.12. The molecule has 0 spiro atoms. The molecule has 144 valence electrons. The summed E-state index contributed by atoms with van der Waals surface area (Å²) < 4.78 is 1.94. The molecule has 2 aromatic carbocycles. The lowest BCUT2D eigenvalue weighted by atomic mass is 10.1. The number of halogens is 1. The molecular weight excluding hydrogens is 400 g/mol. The first-order valence-corrected chi connectivity index (χ1v) is 9.69. The number of aromatic nitrogens is 2. The summed E-state index contributed by atoms with van der Waals surface area (Å²) in [7, 11) is 0. The van der Waals surface area contributed by atoms with Gasteiger partial charge in [-0.1, -0.05) is 35.5 Å². The number of nitrogens with zero attached hydrogens (tertiary/aromatic N) is 3. The summed E-state index contributed by atoms with van der Waals surface area (Å²) >= 11 is 7.31. The van der Waals surface area contributed by atoms with Crippen molar-refractivity contribution in [2.45, 2.75) is 19.0 Å². The molecule has 3 rings (SSSR count). The third-order valence-electron chi connectivity index (χ3n) is 4.00. The number of nitrogens with one attached hydrogen (secondary N) is 1. The number of hydrogen-bond donors (Lipinski definition) is 1. The quantitative estimate of drug-likeness (QED) is 0.354. The van der Waals surface area contributed by atoms with Crippen LogP contribution in [0.1, 0.15) is 11.1 Å². The van der Waals surface area contributed by atoms with Crippen molar-refractivity contribution in [2.24, 2.45) is 0 Å². The minimum atomic E-state index is -0.541. The van der Waals surface area contributed by atoms with Crippen LogP contribution in [0.3, 0.4) is 0 Å². The Balaban J connectivity index is 1.69. The summed E-state index contributed by atoms with van der Waals surface area (Å²) in [4.78, 5) is 26.8. The van der Waals surface area contributed by atoms with Crippen molar-refractivity contribution in [2.75, 3.05) is 11.1 Å². The van der Waals surface area contributed by atoms with E-state index in [2.05, 4.69) is 16.4 Å². The molecule has 1 heterocycles. The van der Waals surface area contributed by atoms with E-state index in [1.807, 2.05) is 36.7 Å². The number of nitro benzene ring substituents is 1. The van der Waals surface area contributed by atoms with Gasteiger partial charge in [-0.15, -0.1) is 0 Å². The zero-order valence-corrected chi connectivity index (χ0v) is 16.8. The van der Waals surface area contributed by atoms with Crippen LogP contribution < -0.4 is 5.32 Å². The second-order valence-electron chi connectivity index (χ2n) is 6.13. The SMILES string of the molecule is Cc1ccc(C)c(-n2ccnc2SCC(=O)Nc2ccc([N+](=O)[O-])cc2Cl)c1. The van der Waals surface area contributed by atoms with Crippen LogP contribution in [0.5, 0.6) is 0 Å². The first-order valence-electron chi connectivity index (χ1n) is 8.32. The van der Waals surface area contributed by atoms with E-state index >= 15 is 0 Å². The van der Waals surface area contributed by atoms with Crippen molar-refractivity contribution in [3.05, 3.63) is 75.1 Å². The van der Waals surface area contributed by atoms with Gasteiger partial charge < -0.3 is 5.32 Å². The molecule has 1 aromatic heterocycles. The molecule has 0 saturated carbocycles. The molecule has 1 amide bonds. The number of carbonyl (C=O) groups is 1. The summed E-state index contributed by atoms with van der Waals surface area (Å²) in [5, 5.41) is 14.2. The molecule has 0 aliphatic heterocycles. The molecule has 9 heteroatoms. The van der Waals surface area contributed by atoms with Gasteiger partial charge in [-0.05, 0) is 37.1 Å². The molecule has 1 N–H and O–H groups in total. The minimum Gasteiger partial charge on any atom is -0.324 e. The maximum atomic E-state index is 12.3. The van der Waals surface area contributed by atoms with E-state index in [9.17, 15) is 14.9 Å². The molecule has 0 bridgehead atoms. The lowest BCUT2D eigenvalue weighted by Crippen LogP contribution is -2.15. The number of hydrogen-bond acceptors (Lipinski definition) is 5. The number of amides is 1. The summed E-state index contributed by atoms with van der Waals surface area (Å²) in [6.07, 6.45) is 3.55. The van der Waals surface area contributed by atoms with Gasteiger partial charge in [-0.3, -0.25) is 19.5 Å². The van der Waals surface area contributed by atoms with Gasteiger partial charge in [0.05, 0.1) is 27.1 Å². The Morgan fingerprint density at radius 3 is 2.79 bits per heavy atom. The van der Waals surface area contributed by atoms with E-state index in [0.717, 1.165) is 16.8 Å². The van der Waals surface area contributed by atoms with E-state index in [1.54, 1.807) is 6.20 Å². The number of anilines is 1. The lowest BCUT2D eigenvalue weighted by molar-refractivity contribution is -0.384. The van der Waals surface area contributed by atoms with Crippen molar-refractivity contribution in [3.8, 4) is 5.69 Å². The Morgan fingerprint density at radius 1 is 1.29 bits per heavy atom. The van der Waals surface area contributed by atoms with Gasteiger partial charge in [0.15, 0.2) is 5.16 Å². The molecule has 3 aromatic rings. The predicted molar refractivity (Wildman–Crippen MR) is 110 cm³/mol. The topological polar surface area (TPSA) is 90.1 Å². The van der Waals surface area contributed by atoms with Gasteiger partial charge in [-0.25, -0.2) is 4.98 Å². The van der Waals surface area contributed by atoms with Crippen molar-refractivity contribution in [3.63, 3.8) is 0 Å². The van der Waals surface area contributed by atoms with Crippen molar-refractivity contribution >= 4 is 40.6 Å². The number of carbonyl (C=O) groups excluding carboxylic acids is 1. The number of thioether (sulfide) groups is 1. The van der Waals surface area contributed by atoms with Crippen molar-refractivity contribution < 1.29 is 9.72 Å². The average molecular weight is 417 g/mol. The molecule has 0 fully saturated rings. The first-order chi connectivity index (χ1) is 13.3. The molecule has 0 unspecified atom stereocenters. The van der Waals surface area contributed by atoms with E-state index in [-0.39, 0.29) is 22.4 Å². The summed E-state index contributed by atoms with van der Waals surface area (Å²) in [5.74, 6) is -0.161. The van der Waals surface area contributed by atoms with Gasteiger partial charge in [0, 0.05) is 24.5 Å². The fourth-order valence-electron chi connectivity index (χ4n) is 2.59. The van der Waals surface area contributed by atoms with E-state index in [1.165, 1.54) is 30.0 Å². The van der Waals surface area contributed by atoms with Crippen LogP contribution in [0.4, 0.5) is 11.4 Å². The number of aryl methyl sites for hydroxylation is 2. The largest absolute Gasteiger partial charge is 0.324 e. The normalized spacial score (nSPS) is 10.7. The second kappa shape index (κ2) is 8.45. The third-order valence-corrected chi connectivity index (χ3v) is 5.28. The van der Waals surface area contributed by atoms with E-state index in [4.69, 9.17) is 11.6 Å². The van der Waals surface area contributed by atoms with Crippen LogP contribution in [0.15, 0.2) is 53.9 Å². The van der Waals surface area contributed by atoms with Crippen molar-refractivity contribution in [1.82, 2.24) is 9.55 Å². The Labute approximate surface area is 170 Å².